The minimum atomic E-state index is -3.65. The molecule has 0 unspecified atom stereocenters. The van der Waals surface area contributed by atoms with Crippen LogP contribution in [0.25, 0.3) is 0 Å². The highest BCUT2D eigenvalue weighted by molar-refractivity contribution is 7.93. The van der Waals surface area contributed by atoms with Crippen LogP contribution in [0.4, 0.5) is 11.4 Å². The van der Waals surface area contributed by atoms with Crippen LogP contribution in [0.1, 0.15) is 10.4 Å². The van der Waals surface area contributed by atoms with Crippen molar-refractivity contribution in [3.8, 4) is 0 Å². The van der Waals surface area contributed by atoms with E-state index < -0.39 is 10.0 Å². The molecule has 0 amide bonds. The minimum absolute atomic E-state index is 0.212. The number of nitrogens with one attached hydrogen (secondary N) is 1. The number of benzene rings is 1. The van der Waals surface area contributed by atoms with Gasteiger partial charge < -0.3 is 10.6 Å². The van der Waals surface area contributed by atoms with Crippen LogP contribution in [0.3, 0.4) is 0 Å². The summed E-state index contributed by atoms with van der Waals surface area (Å²) in [6.45, 7) is 1.99. The van der Waals surface area contributed by atoms with Gasteiger partial charge in [-0.15, -0.1) is 11.3 Å². The van der Waals surface area contributed by atoms with Crippen molar-refractivity contribution in [2.75, 3.05) is 23.7 Å². The molecular formula is C14H19N3O2S2. The van der Waals surface area contributed by atoms with Crippen molar-refractivity contribution in [2.45, 2.75) is 18.4 Å². The maximum atomic E-state index is 12.7. The Bertz CT molecular complexity index is 736. The summed E-state index contributed by atoms with van der Waals surface area (Å²) in [5, 5.41) is 1.81. The van der Waals surface area contributed by atoms with E-state index >= 15 is 0 Å². The number of nitrogens with two attached hydrogens (primary N) is 1. The molecule has 114 valence electrons. The molecule has 2 rings (SSSR count). The molecule has 0 atom stereocenters. The quantitative estimate of drug-likeness (QED) is 0.885. The molecule has 3 N–H and O–H groups in total. The Morgan fingerprint density at radius 3 is 2.57 bits per heavy atom. The van der Waals surface area contributed by atoms with Gasteiger partial charge in [0.15, 0.2) is 0 Å². The highest BCUT2D eigenvalue weighted by Crippen LogP contribution is 2.31. The summed E-state index contributed by atoms with van der Waals surface area (Å²) in [6, 6.07) is 7.28. The predicted molar refractivity (Wildman–Crippen MR) is 88.5 cm³/mol. The van der Waals surface area contributed by atoms with Crippen LogP contribution in [0, 0.1) is 6.92 Å². The van der Waals surface area contributed by atoms with Crippen LogP contribution in [0.15, 0.2) is 34.5 Å². The number of rotatable bonds is 5. The topological polar surface area (TPSA) is 75.4 Å². The molecule has 0 fully saturated rings. The fourth-order valence-corrected chi connectivity index (χ4v) is 4.91. The van der Waals surface area contributed by atoms with E-state index in [2.05, 4.69) is 4.72 Å². The van der Waals surface area contributed by atoms with Gasteiger partial charge >= 0.3 is 0 Å². The molecule has 0 bridgehead atoms. The molecule has 2 aromatic rings. The number of anilines is 2. The summed E-state index contributed by atoms with van der Waals surface area (Å²) in [4.78, 5) is 2.83. The van der Waals surface area contributed by atoms with E-state index in [0.717, 1.165) is 11.3 Å². The molecule has 5 nitrogen and oxygen atoms in total. The van der Waals surface area contributed by atoms with Gasteiger partial charge in [0.05, 0.1) is 11.4 Å². The number of aryl methyl sites for hydroxylation is 1. The van der Waals surface area contributed by atoms with Gasteiger partial charge in [0, 0.05) is 25.5 Å². The molecule has 1 heterocycles. The molecule has 21 heavy (non-hydrogen) atoms. The first-order chi connectivity index (χ1) is 9.86. The van der Waals surface area contributed by atoms with Crippen molar-refractivity contribution in [1.29, 1.82) is 0 Å². The van der Waals surface area contributed by atoms with Crippen molar-refractivity contribution < 1.29 is 8.42 Å². The monoisotopic (exact) mass is 325 g/mol. The van der Waals surface area contributed by atoms with Crippen molar-refractivity contribution in [3.63, 3.8) is 0 Å². The lowest BCUT2D eigenvalue weighted by atomic mass is 10.2. The van der Waals surface area contributed by atoms with Crippen LogP contribution in [-0.2, 0) is 16.6 Å². The second-order valence-electron chi connectivity index (χ2n) is 4.89. The third kappa shape index (κ3) is 3.20. The lowest BCUT2D eigenvalue weighted by molar-refractivity contribution is 0.600. The first kappa shape index (κ1) is 15.8. The van der Waals surface area contributed by atoms with E-state index in [-0.39, 0.29) is 6.54 Å². The van der Waals surface area contributed by atoms with Gasteiger partial charge in [-0.1, -0.05) is 12.1 Å². The molecule has 1 aromatic carbocycles. The van der Waals surface area contributed by atoms with Crippen LogP contribution < -0.4 is 15.4 Å². The number of sulfonamides is 1. The van der Waals surface area contributed by atoms with Gasteiger partial charge in [0.1, 0.15) is 4.90 Å². The average Bonchev–Trinajstić information content (AvgIpc) is 2.80. The first-order valence-electron chi connectivity index (χ1n) is 6.43. The molecule has 0 aliphatic heterocycles. The Balaban J connectivity index is 2.45. The Hall–Kier alpha value is -1.57. The number of nitrogens with zero attached hydrogens (tertiary/aromatic N) is 1. The fraction of sp³-hybridized carbons (Fsp3) is 0.286. The lowest BCUT2D eigenvalue weighted by Gasteiger charge is -2.18. The summed E-state index contributed by atoms with van der Waals surface area (Å²) < 4.78 is 28.0. The van der Waals surface area contributed by atoms with E-state index in [1.807, 2.05) is 36.5 Å². The zero-order chi connectivity index (χ0) is 15.6. The fourth-order valence-electron chi connectivity index (χ4n) is 2.13. The van der Waals surface area contributed by atoms with Crippen molar-refractivity contribution >= 4 is 32.7 Å². The highest BCUT2D eigenvalue weighted by atomic mass is 32.2. The number of para-hydroxylation sites is 2. The standard InChI is InChI=1S/C14H19N3O2S2/c1-10-9-20-13(8-15)14(10)21(18,19)16-11-6-4-5-7-12(11)17(2)3/h4-7,9,16H,8,15H2,1-3H3. The molecule has 0 saturated carbocycles. The largest absolute Gasteiger partial charge is 0.376 e. The first-order valence-corrected chi connectivity index (χ1v) is 8.79. The molecular weight excluding hydrogens is 306 g/mol. The molecule has 7 heteroatoms. The Labute approximate surface area is 129 Å². The summed E-state index contributed by atoms with van der Waals surface area (Å²) in [6.07, 6.45) is 0. The van der Waals surface area contributed by atoms with Crippen molar-refractivity contribution in [3.05, 3.63) is 40.1 Å². The summed E-state index contributed by atoms with van der Waals surface area (Å²) in [7, 11) is 0.0930. The SMILES string of the molecule is Cc1csc(CN)c1S(=O)(=O)Nc1ccccc1N(C)C. The van der Waals surface area contributed by atoms with E-state index in [4.69, 9.17) is 5.73 Å². The van der Waals surface area contributed by atoms with Crippen LogP contribution >= 0.6 is 11.3 Å². The molecule has 0 spiro atoms. The number of hydrogen-bond acceptors (Lipinski definition) is 5. The average molecular weight is 325 g/mol. The molecule has 0 aliphatic carbocycles. The van der Waals surface area contributed by atoms with Crippen LogP contribution in [0.2, 0.25) is 0 Å². The molecule has 0 aliphatic rings. The van der Waals surface area contributed by atoms with Gasteiger partial charge in [-0.05, 0) is 30.0 Å². The van der Waals surface area contributed by atoms with Crippen molar-refractivity contribution in [2.24, 2.45) is 5.73 Å². The van der Waals surface area contributed by atoms with E-state index in [1.165, 1.54) is 11.3 Å². The third-order valence-corrected chi connectivity index (χ3v) is 5.92. The third-order valence-electron chi connectivity index (χ3n) is 3.07. The predicted octanol–water partition coefficient (Wildman–Crippen LogP) is 2.38. The van der Waals surface area contributed by atoms with Gasteiger partial charge in [0.2, 0.25) is 0 Å². The van der Waals surface area contributed by atoms with Gasteiger partial charge in [-0.3, -0.25) is 4.72 Å². The van der Waals surface area contributed by atoms with Crippen molar-refractivity contribution in [1.82, 2.24) is 0 Å². The van der Waals surface area contributed by atoms with Gasteiger partial charge in [0.25, 0.3) is 10.0 Å². The zero-order valence-electron chi connectivity index (χ0n) is 12.3. The Kier molecular flexibility index (Phi) is 4.55. The van der Waals surface area contributed by atoms with Crippen LogP contribution in [0.5, 0.6) is 0 Å². The van der Waals surface area contributed by atoms with Gasteiger partial charge in [-0.25, -0.2) is 8.42 Å². The van der Waals surface area contributed by atoms with Gasteiger partial charge in [-0.2, -0.15) is 0 Å². The zero-order valence-corrected chi connectivity index (χ0v) is 13.9. The minimum Gasteiger partial charge on any atom is -0.376 e. The molecule has 0 radical (unpaired) electrons. The summed E-state index contributed by atoms with van der Waals surface area (Å²) in [5.74, 6) is 0. The number of hydrogen-bond donors (Lipinski definition) is 2. The maximum Gasteiger partial charge on any atom is 0.263 e. The summed E-state index contributed by atoms with van der Waals surface area (Å²) in [5.41, 5.74) is 7.72. The molecule has 0 saturated heterocycles. The smallest absolute Gasteiger partial charge is 0.263 e. The highest BCUT2D eigenvalue weighted by Gasteiger charge is 2.23. The van der Waals surface area contributed by atoms with Crippen LogP contribution in [-0.4, -0.2) is 22.5 Å². The van der Waals surface area contributed by atoms with E-state index in [1.54, 1.807) is 19.1 Å². The Morgan fingerprint density at radius 2 is 1.95 bits per heavy atom. The summed E-state index contributed by atoms with van der Waals surface area (Å²) >= 11 is 1.37. The lowest BCUT2D eigenvalue weighted by Crippen LogP contribution is -2.18. The van der Waals surface area contributed by atoms with E-state index in [0.29, 0.717) is 15.5 Å². The second kappa shape index (κ2) is 6.05. The normalized spacial score (nSPS) is 11.4. The molecule has 1 aromatic heterocycles. The Morgan fingerprint density at radius 1 is 1.29 bits per heavy atom. The maximum absolute atomic E-state index is 12.7. The van der Waals surface area contributed by atoms with E-state index in [9.17, 15) is 8.42 Å². The number of thiophene rings is 1. The second-order valence-corrected chi connectivity index (χ2v) is 7.48.